The summed E-state index contributed by atoms with van der Waals surface area (Å²) in [5, 5.41) is 3.63. The average molecular weight is 376 g/mol. The van der Waals surface area contributed by atoms with Gasteiger partial charge >= 0.3 is 5.97 Å². The van der Waals surface area contributed by atoms with E-state index >= 15 is 0 Å². The Kier molecular flexibility index (Phi) is 8.96. The molecule has 0 amide bonds. The van der Waals surface area contributed by atoms with E-state index in [9.17, 15) is 4.79 Å². The molecule has 1 aliphatic rings. The van der Waals surface area contributed by atoms with Crippen LogP contribution in [0.25, 0.3) is 0 Å². The van der Waals surface area contributed by atoms with Crippen LogP contribution in [0.4, 0.5) is 5.69 Å². The molecule has 4 nitrogen and oxygen atoms in total. The Morgan fingerprint density at radius 1 is 1.04 bits per heavy atom. The van der Waals surface area contributed by atoms with Crippen LogP contribution in [0.1, 0.15) is 77.6 Å². The number of carbonyl (C=O) groups excluding carboxylic acids is 1. The van der Waals surface area contributed by atoms with Crippen LogP contribution in [0.5, 0.6) is 5.75 Å². The summed E-state index contributed by atoms with van der Waals surface area (Å²) in [6, 6.07) is 7.87. The Hall–Kier alpha value is -1.71. The summed E-state index contributed by atoms with van der Waals surface area (Å²) < 4.78 is 10.6. The summed E-state index contributed by atoms with van der Waals surface area (Å²) >= 11 is 0. The van der Waals surface area contributed by atoms with Crippen LogP contribution in [0, 0.1) is 5.92 Å². The second kappa shape index (κ2) is 11.2. The molecule has 27 heavy (non-hydrogen) atoms. The molecule has 0 unspecified atom stereocenters. The van der Waals surface area contributed by atoms with Gasteiger partial charge in [-0.25, -0.2) is 4.79 Å². The number of carbonyl (C=O) groups is 1. The largest absolute Gasteiger partial charge is 0.497 e. The van der Waals surface area contributed by atoms with E-state index in [-0.39, 0.29) is 5.97 Å². The van der Waals surface area contributed by atoms with E-state index in [0.29, 0.717) is 5.92 Å². The molecule has 0 saturated heterocycles. The molecule has 0 spiro atoms. The van der Waals surface area contributed by atoms with Gasteiger partial charge in [0.05, 0.1) is 14.2 Å². The molecular weight excluding hydrogens is 338 g/mol. The molecule has 1 atom stereocenters. The molecule has 0 heterocycles. The summed E-state index contributed by atoms with van der Waals surface area (Å²) in [7, 11) is 3.19. The van der Waals surface area contributed by atoms with Crippen LogP contribution in [0.3, 0.4) is 0 Å². The van der Waals surface area contributed by atoms with Gasteiger partial charge in [-0.3, -0.25) is 0 Å². The van der Waals surface area contributed by atoms with Crippen molar-refractivity contribution in [2.75, 3.05) is 19.5 Å². The first kappa shape index (κ1) is 21.6. The van der Waals surface area contributed by atoms with Crippen LogP contribution in [0.15, 0.2) is 24.3 Å². The van der Waals surface area contributed by atoms with Gasteiger partial charge in [-0.05, 0) is 49.4 Å². The molecule has 1 fully saturated rings. The number of unbranched alkanes of at least 4 members (excludes halogenated alkanes) is 4. The number of anilines is 1. The van der Waals surface area contributed by atoms with Crippen molar-refractivity contribution in [3.8, 4) is 5.75 Å². The van der Waals surface area contributed by atoms with Crippen molar-refractivity contribution in [1.82, 2.24) is 0 Å². The highest BCUT2D eigenvalue weighted by Crippen LogP contribution is 2.39. The number of esters is 1. The molecule has 4 heteroatoms. The Labute approximate surface area is 165 Å². The molecule has 2 rings (SSSR count). The van der Waals surface area contributed by atoms with Crippen molar-refractivity contribution >= 4 is 11.7 Å². The lowest BCUT2D eigenvalue weighted by molar-refractivity contribution is -0.149. The second-order valence-electron chi connectivity index (χ2n) is 7.82. The molecule has 1 aromatic carbocycles. The third kappa shape index (κ3) is 5.88. The SMILES string of the molecule is CCCCCCC[C@@](Nc1ccc(OC)cc1)(C(=O)OC)C1CCCCC1. The lowest BCUT2D eigenvalue weighted by Gasteiger charge is -2.42. The first-order valence-electron chi connectivity index (χ1n) is 10.7. The predicted molar refractivity (Wildman–Crippen MR) is 111 cm³/mol. The van der Waals surface area contributed by atoms with Gasteiger partial charge in [0.2, 0.25) is 0 Å². The minimum Gasteiger partial charge on any atom is -0.497 e. The molecule has 0 aromatic heterocycles. The van der Waals surface area contributed by atoms with Crippen molar-refractivity contribution in [1.29, 1.82) is 0 Å². The Morgan fingerprint density at radius 3 is 2.30 bits per heavy atom. The minimum atomic E-state index is -0.629. The van der Waals surface area contributed by atoms with Crippen LogP contribution >= 0.6 is 0 Å². The third-order valence-electron chi connectivity index (χ3n) is 5.98. The van der Waals surface area contributed by atoms with E-state index in [4.69, 9.17) is 9.47 Å². The average Bonchev–Trinajstić information content (AvgIpc) is 2.73. The van der Waals surface area contributed by atoms with E-state index in [2.05, 4.69) is 12.2 Å². The molecule has 1 aromatic rings. The van der Waals surface area contributed by atoms with Gasteiger partial charge in [-0.15, -0.1) is 0 Å². The zero-order valence-corrected chi connectivity index (χ0v) is 17.4. The van der Waals surface area contributed by atoms with Gasteiger partial charge in [0.1, 0.15) is 11.3 Å². The molecule has 152 valence electrons. The number of hydrogen-bond donors (Lipinski definition) is 1. The fourth-order valence-corrected chi connectivity index (χ4v) is 4.41. The van der Waals surface area contributed by atoms with Crippen molar-refractivity contribution in [3.63, 3.8) is 0 Å². The topological polar surface area (TPSA) is 47.6 Å². The Bertz CT molecular complexity index is 551. The lowest BCUT2D eigenvalue weighted by atomic mass is 9.71. The van der Waals surface area contributed by atoms with E-state index in [1.165, 1.54) is 52.1 Å². The van der Waals surface area contributed by atoms with Crippen molar-refractivity contribution < 1.29 is 14.3 Å². The molecule has 1 N–H and O–H groups in total. The third-order valence-corrected chi connectivity index (χ3v) is 5.98. The predicted octanol–water partition coefficient (Wildman–Crippen LogP) is 5.96. The van der Waals surface area contributed by atoms with E-state index in [1.807, 2.05) is 24.3 Å². The summed E-state index contributed by atoms with van der Waals surface area (Å²) in [6.07, 6.45) is 12.6. The highest BCUT2D eigenvalue weighted by atomic mass is 16.5. The fourth-order valence-electron chi connectivity index (χ4n) is 4.41. The summed E-state index contributed by atoms with van der Waals surface area (Å²) in [4.78, 5) is 13.1. The van der Waals surface area contributed by atoms with Crippen LogP contribution in [-0.4, -0.2) is 25.7 Å². The molecule has 1 saturated carbocycles. The lowest BCUT2D eigenvalue weighted by Crippen LogP contribution is -2.54. The zero-order chi connectivity index (χ0) is 19.5. The van der Waals surface area contributed by atoms with Crippen LogP contribution in [0.2, 0.25) is 0 Å². The van der Waals surface area contributed by atoms with Gasteiger partial charge in [-0.2, -0.15) is 0 Å². The molecule has 0 aliphatic heterocycles. The summed E-state index contributed by atoms with van der Waals surface area (Å²) in [6.45, 7) is 2.23. The highest BCUT2D eigenvalue weighted by molar-refractivity contribution is 5.85. The first-order chi connectivity index (χ1) is 13.2. The summed E-state index contributed by atoms with van der Waals surface area (Å²) in [5.41, 5.74) is 0.330. The van der Waals surface area contributed by atoms with E-state index in [1.54, 1.807) is 7.11 Å². The fraction of sp³-hybridized carbons (Fsp3) is 0.696. The van der Waals surface area contributed by atoms with Gasteiger partial charge < -0.3 is 14.8 Å². The number of ether oxygens (including phenoxy) is 2. The quantitative estimate of drug-likeness (QED) is 0.383. The standard InChI is InChI=1S/C23H37NO3/c1-4-5-6-7-11-18-23(22(25)27-3,19-12-9-8-10-13-19)24-20-14-16-21(26-2)17-15-20/h14-17,19,24H,4-13,18H2,1-3H3/t23-/m0/s1. The highest BCUT2D eigenvalue weighted by Gasteiger charge is 2.46. The maximum Gasteiger partial charge on any atom is 0.331 e. The van der Waals surface area contributed by atoms with Gasteiger partial charge in [0.15, 0.2) is 0 Å². The molecule has 0 radical (unpaired) electrons. The van der Waals surface area contributed by atoms with Crippen molar-refractivity contribution in [3.05, 3.63) is 24.3 Å². The Morgan fingerprint density at radius 2 is 1.70 bits per heavy atom. The first-order valence-corrected chi connectivity index (χ1v) is 10.7. The van der Waals surface area contributed by atoms with Crippen molar-refractivity contribution in [2.24, 2.45) is 5.92 Å². The number of benzene rings is 1. The molecule has 0 bridgehead atoms. The van der Waals surface area contributed by atoms with Crippen LogP contribution < -0.4 is 10.1 Å². The van der Waals surface area contributed by atoms with Gasteiger partial charge in [0, 0.05) is 5.69 Å². The van der Waals surface area contributed by atoms with Gasteiger partial charge in [0.25, 0.3) is 0 Å². The number of hydrogen-bond acceptors (Lipinski definition) is 4. The maximum absolute atomic E-state index is 13.1. The number of rotatable bonds is 11. The van der Waals surface area contributed by atoms with Crippen LogP contribution in [-0.2, 0) is 9.53 Å². The normalized spacial score (nSPS) is 17.1. The van der Waals surface area contributed by atoms with Crippen molar-refractivity contribution in [2.45, 2.75) is 83.1 Å². The smallest absolute Gasteiger partial charge is 0.331 e. The van der Waals surface area contributed by atoms with E-state index < -0.39 is 5.54 Å². The summed E-state index contributed by atoms with van der Waals surface area (Å²) in [5.74, 6) is 1.04. The minimum absolute atomic E-state index is 0.110. The second-order valence-corrected chi connectivity index (χ2v) is 7.82. The zero-order valence-electron chi connectivity index (χ0n) is 17.4. The molecule has 1 aliphatic carbocycles. The number of methoxy groups -OCH3 is 2. The Balaban J connectivity index is 2.22. The molecular formula is C23H37NO3. The van der Waals surface area contributed by atoms with E-state index in [0.717, 1.165) is 37.1 Å². The van der Waals surface area contributed by atoms with Gasteiger partial charge in [-0.1, -0.05) is 58.3 Å². The monoisotopic (exact) mass is 375 g/mol. The maximum atomic E-state index is 13.1. The number of nitrogens with one attached hydrogen (secondary N) is 1.